The fraction of sp³-hybridized carbons (Fsp3) is 0.759. The zero-order chi connectivity index (χ0) is 34.2. The lowest BCUT2D eigenvalue weighted by molar-refractivity contribution is -0.134. The molecule has 15 nitrogen and oxygen atoms in total. The zero-order valence-electron chi connectivity index (χ0n) is 26.9. The predicted octanol–water partition coefficient (Wildman–Crippen LogP) is 0.642. The molecule has 4 atom stereocenters. The molecule has 0 unspecified atom stereocenters. The second-order valence-electron chi connectivity index (χ2n) is 12.0. The second-order valence-corrected chi connectivity index (χ2v) is 13.7. The Labute approximate surface area is 265 Å². The average molecular weight is 658 g/mol. The molecule has 0 fully saturated rings. The van der Waals surface area contributed by atoms with Gasteiger partial charge in [-0.15, -0.1) is 5.10 Å². The standard InChI is InChI=1S/C29H52N7O8P/c1-19(2)26(38)16-22(9-5-7-11-30)29(41)33-25(17-23-18-36(35-34-23)13-14-45(42,43)44)27(39)15-20(3)28(40)32-24(21(4)37)10-6-8-12-31/h18-20,22,24-25H,5-17,30-31H2,1-4H3,(H,32,40)(H,33,41)(H2,42,43,44)/t20-,22-,24+,25+/m1/s1. The van der Waals surface area contributed by atoms with E-state index in [0.717, 1.165) is 0 Å². The van der Waals surface area contributed by atoms with E-state index in [1.165, 1.54) is 17.8 Å². The van der Waals surface area contributed by atoms with Crippen LogP contribution in [0, 0.1) is 17.8 Å². The van der Waals surface area contributed by atoms with E-state index in [1.54, 1.807) is 20.8 Å². The maximum atomic E-state index is 13.6. The molecule has 1 rings (SSSR count). The maximum Gasteiger partial charge on any atom is 0.327 e. The quantitative estimate of drug-likeness (QED) is 0.0662. The number of ketones is 3. The van der Waals surface area contributed by atoms with E-state index < -0.39 is 55.3 Å². The summed E-state index contributed by atoms with van der Waals surface area (Å²) in [5, 5.41) is 13.3. The highest BCUT2D eigenvalue weighted by atomic mass is 31.2. The summed E-state index contributed by atoms with van der Waals surface area (Å²) in [5.74, 6) is -3.51. The van der Waals surface area contributed by atoms with Gasteiger partial charge in [-0.05, 0) is 52.1 Å². The number of nitrogens with zero attached hydrogens (tertiary/aromatic N) is 3. The van der Waals surface area contributed by atoms with Crippen LogP contribution in [0.2, 0.25) is 0 Å². The Kier molecular flexibility index (Phi) is 18.1. The molecule has 0 aliphatic carbocycles. The Hall–Kier alpha value is -2.84. The molecule has 0 spiro atoms. The first kappa shape index (κ1) is 40.2. The van der Waals surface area contributed by atoms with Crippen LogP contribution in [0.1, 0.15) is 84.8 Å². The number of amides is 2. The minimum Gasteiger partial charge on any atom is -0.346 e. The molecule has 16 heteroatoms. The van der Waals surface area contributed by atoms with Crippen LogP contribution in [0.3, 0.4) is 0 Å². The molecule has 1 aromatic rings. The Bertz CT molecular complexity index is 1170. The first-order valence-corrected chi connectivity index (χ1v) is 17.4. The van der Waals surface area contributed by atoms with Gasteiger partial charge in [0.15, 0.2) is 11.6 Å². The summed E-state index contributed by atoms with van der Waals surface area (Å²) >= 11 is 0. The van der Waals surface area contributed by atoms with Gasteiger partial charge in [0.25, 0.3) is 0 Å². The number of Topliss-reactive ketones (excluding diaryl/α,β-unsaturated/α-hetero) is 3. The van der Waals surface area contributed by atoms with Gasteiger partial charge in [0.1, 0.15) is 5.78 Å². The van der Waals surface area contributed by atoms with Crippen molar-refractivity contribution in [2.75, 3.05) is 19.3 Å². The SMILES string of the molecule is CC(=O)[C@H](CCCCN)NC(=O)[C@H](C)CC(=O)[C@H](Cc1cn(CCP(=O)(O)O)nn1)NC(=O)[C@H](CCCCN)CC(=O)C(C)C. The summed E-state index contributed by atoms with van der Waals surface area (Å²) in [6.07, 6.45) is 4.09. The van der Waals surface area contributed by atoms with Crippen LogP contribution in [-0.2, 0) is 41.5 Å². The molecule has 0 bridgehead atoms. The molecule has 1 heterocycles. The lowest BCUT2D eigenvalue weighted by Gasteiger charge is -2.23. The zero-order valence-corrected chi connectivity index (χ0v) is 27.8. The molecule has 0 radical (unpaired) electrons. The van der Waals surface area contributed by atoms with Crippen LogP contribution in [0.25, 0.3) is 0 Å². The summed E-state index contributed by atoms with van der Waals surface area (Å²) in [5.41, 5.74) is 11.4. The van der Waals surface area contributed by atoms with Crippen molar-refractivity contribution in [1.82, 2.24) is 25.6 Å². The molecule has 0 aliphatic heterocycles. The number of nitrogens with two attached hydrogens (primary N) is 2. The van der Waals surface area contributed by atoms with E-state index in [2.05, 4.69) is 20.9 Å². The third kappa shape index (κ3) is 16.3. The lowest BCUT2D eigenvalue weighted by Crippen LogP contribution is -2.47. The van der Waals surface area contributed by atoms with E-state index in [0.29, 0.717) is 51.6 Å². The fourth-order valence-electron chi connectivity index (χ4n) is 4.58. The second kappa shape index (κ2) is 20.3. The largest absolute Gasteiger partial charge is 0.346 e. The number of rotatable bonds is 24. The van der Waals surface area contributed by atoms with Crippen LogP contribution in [0.5, 0.6) is 0 Å². The van der Waals surface area contributed by atoms with E-state index in [4.69, 9.17) is 21.3 Å². The van der Waals surface area contributed by atoms with Crippen molar-refractivity contribution in [1.29, 1.82) is 0 Å². The van der Waals surface area contributed by atoms with Crippen LogP contribution < -0.4 is 22.1 Å². The van der Waals surface area contributed by atoms with Crippen molar-refractivity contribution < 1.29 is 38.3 Å². The van der Waals surface area contributed by atoms with Gasteiger partial charge in [0.05, 0.1) is 30.5 Å². The number of aromatic nitrogens is 3. The third-order valence-electron chi connectivity index (χ3n) is 7.50. The third-order valence-corrected chi connectivity index (χ3v) is 8.29. The van der Waals surface area contributed by atoms with E-state index in [9.17, 15) is 28.5 Å². The van der Waals surface area contributed by atoms with Crippen LogP contribution in [0.15, 0.2) is 6.20 Å². The predicted molar refractivity (Wildman–Crippen MR) is 168 cm³/mol. The minimum atomic E-state index is -4.28. The van der Waals surface area contributed by atoms with E-state index in [1.807, 2.05) is 0 Å². The molecule has 0 saturated carbocycles. The first-order valence-electron chi connectivity index (χ1n) is 15.6. The number of unbranched alkanes of at least 4 members (excludes halogenated alkanes) is 2. The van der Waals surface area contributed by atoms with Crippen LogP contribution in [0.4, 0.5) is 0 Å². The van der Waals surface area contributed by atoms with Gasteiger partial charge in [-0.2, -0.15) is 0 Å². The van der Waals surface area contributed by atoms with Gasteiger partial charge < -0.3 is 31.9 Å². The highest BCUT2D eigenvalue weighted by molar-refractivity contribution is 7.51. The Balaban J connectivity index is 3.16. The van der Waals surface area contributed by atoms with E-state index >= 15 is 0 Å². The van der Waals surface area contributed by atoms with Crippen molar-refractivity contribution in [2.24, 2.45) is 29.2 Å². The number of hydrogen-bond donors (Lipinski definition) is 6. The Morgan fingerprint density at radius 2 is 1.49 bits per heavy atom. The number of aryl methyl sites for hydroxylation is 1. The van der Waals surface area contributed by atoms with Crippen molar-refractivity contribution in [2.45, 2.75) is 104 Å². The Morgan fingerprint density at radius 3 is 2.04 bits per heavy atom. The first-order chi connectivity index (χ1) is 21.1. The van der Waals surface area contributed by atoms with Crippen molar-refractivity contribution >= 4 is 36.8 Å². The molecule has 0 aromatic carbocycles. The van der Waals surface area contributed by atoms with Crippen molar-refractivity contribution in [3.05, 3.63) is 11.9 Å². The minimum absolute atomic E-state index is 0.00292. The summed E-state index contributed by atoms with van der Waals surface area (Å²) in [6.45, 7) is 7.23. The topological polar surface area (TPSA) is 250 Å². The molecular formula is C29H52N7O8P. The van der Waals surface area contributed by atoms with Gasteiger partial charge >= 0.3 is 7.60 Å². The van der Waals surface area contributed by atoms with Crippen LogP contribution in [-0.4, -0.2) is 85.3 Å². The van der Waals surface area contributed by atoms with Gasteiger partial charge in [0.2, 0.25) is 11.8 Å². The molecule has 0 aliphatic rings. The summed E-state index contributed by atoms with van der Waals surface area (Å²) < 4.78 is 12.5. The number of hydrogen-bond acceptors (Lipinski definition) is 10. The van der Waals surface area contributed by atoms with Gasteiger partial charge in [-0.1, -0.05) is 32.4 Å². The van der Waals surface area contributed by atoms with Crippen molar-refractivity contribution in [3.63, 3.8) is 0 Å². The van der Waals surface area contributed by atoms with Gasteiger partial charge in [-0.3, -0.25) is 33.2 Å². The van der Waals surface area contributed by atoms with Gasteiger partial charge in [-0.25, -0.2) is 0 Å². The van der Waals surface area contributed by atoms with Gasteiger partial charge in [0, 0.05) is 43.2 Å². The monoisotopic (exact) mass is 657 g/mol. The highest BCUT2D eigenvalue weighted by Gasteiger charge is 2.31. The molecular weight excluding hydrogens is 605 g/mol. The normalized spacial score (nSPS) is 14.4. The maximum absolute atomic E-state index is 13.6. The molecule has 256 valence electrons. The molecule has 1 aromatic heterocycles. The molecule has 8 N–H and O–H groups in total. The Morgan fingerprint density at radius 1 is 0.889 bits per heavy atom. The summed E-state index contributed by atoms with van der Waals surface area (Å²) in [4.78, 5) is 83.0. The number of nitrogens with one attached hydrogen (secondary N) is 2. The molecule has 0 saturated heterocycles. The fourth-order valence-corrected chi connectivity index (χ4v) is 5.04. The summed E-state index contributed by atoms with van der Waals surface area (Å²) in [6, 6.07) is -1.83. The van der Waals surface area contributed by atoms with Crippen LogP contribution >= 0.6 is 7.60 Å². The highest BCUT2D eigenvalue weighted by Crippen LogP contribution is 2.33. The summed E-state index contributed by atoms with van der Waals surface area (Å²) in [7, 11) is -4.28. The number of carbonyl (C=O) groups excluding carboxylic acids is 5. The average Bonchev–Trinajstić information content (AvgIpc) is 3.41. The smallest absolute Gasteiger partial charge is 0.327 e. The van der Waals surface area contributed by atoms with Crippen molar-refractivity contribution in [3.8, 4) is 0 Å². The lowest BCUT2D eigenvalue weighted by atomic mass is 9.90. The van der Waals surface area contributed by atoms with E-state index in [-0.39, 0.29) is 49.0 Å². The molecule has 45 heavy (non-hydrogen) atoms. The molecule has 2 amide bonds. The number of carbonyl (C=O) groups is 5.